The zero-order valence-electron chi connectivity index (χ0n) is 9.57. The third kappa shape index (κ3) is 4.34. The molecule has 2 heteroatoms. The number of hydrogen-bond donors (Lipinski definition) is 1. The van der Waals surface area contributed by atoms with Crippen molar-refractivity contribution in [3.05, 3.63) is 29.8 Å². The lowest BCUT2D eigenvalue weighted by atomic mass is 10.1. The fraction of sp³-hybridized carbons (Fsp3) is 0.538. The van der Waals surface area contributed by atoms with Gasteiger partial charge >= 0.3 is 0 Å². The summed E-state index contributed by atoms with van der Waals surface area (Å²) in [5.41, 5.74) is 0.960. The first-order chi connectivity index (χ1) is 7.24. The van der Waals surface area contributed by atoms with Crippen molar-refractivity contribution in [3.8, 4) is 5.75 Å². The molecular formula is C13H20O2. The molecule has 1 atom stereocenters. The van der Waals surface area contributed by atoms with Gasteiger partial charge in [-0.05, 0) is 25.0 Å². The number of phenolic OH excluding ortho intramolecular Hbond substituents is 1. The van der Waals surface area contributed by atoms with Crippen molar-refractivity contribution in [2.24, 2.45) is 0 Å². The monoisotopic (exact) mass is 208 g/mol. The Morgan fingerprint density at radius 2 is 2.07 bits per heavy atom. The molecule has 0 aliphatic heterocycles. The van der Waals surface area contributed by atoms with E-state index >= 15 is 0 Å². The third-order valence-electron chi connectivity index (χ3n) is 2.40. The van der Waals surface area contributed by atoms with Crippen LogP contribution in [0.4, 0.5) is 0 Å². The van der Waals surface area contributed by atoms with Crippen LogP contribution in [-0.4, -0.2) is 17.8 Å². The number of para-hydroxylation sites is 1. The summed E-state index contributed by atoms with van der Waals surface area (Å²) in [5, 5.41) is 9.58. The first kappa shape index (κ1) is 12.1. The molecule has 1 N–H and O–H groups in total. The van der Waals surface area contributed by atoms with Crippen LogP contribution >= 0.6 is 0 Å². The van der Waals surface area contributed by atoms with E-state index in [-0.39, 0.29) is 6.10 Å². The second kappa shape index (κ2) is 6.46. The average Bonchev–Trinajstić information content (AvgIpc) is 2.22. The predicted octanol–water partition coefficient (Wildman–Crippen LogP) is 3.14. The molecule has 0 bridgehead atoms. The molecule has 0 aromatic heterocycles. The minimum atomic E-state index is 0.171. The van der Waals surface area contributed by atoms with Gasteiger partial charge in [0.15, 0.2) is 0 Å². The van der Waals surface area contributed by atoms with Crippen LogP contribution in [0.2, 0.25) is 0 Å². The third-order valence-corrected chi connectivity index (χ3v) is 2.40. The van der Waals surface area contributed by atoms with Crippen molar-refractivity contribution >= 4 is 0 Å². The van der Waals surface area contributed by atoms with Crippen LogP contribution in [0.25, 0.3) is 0 Å². The molecule has 0 heterocycles. The van der Waals surface area contributed by atoms with Gasteiger partial charge in [-0.25, -0.2) is 0 Å². The summed E-state index contributed by atoms with van der Waals surface area (Å²) in [6, 6.07) is 7.43. The predicted molar refractivity (Wildman–Crippen MR) is 62.1 cm³/mol. The maximum absolute atomic E-state index is 9.58. The van der Waals surface area contributed by atoms with E-state index in [9.17, 15) is 5.11 Å². The number of rotatable bonds is 6. The molecule has 15 heavy (non-hydrogen) atoms. The summed E-state index contributed by atoms with van der Waals surface area (Å²) in [6.45, 7) is 5.00. The highest BCUT2D eigenvalue weighted by atomic mass is 16.5. The molecular weight excluding hydrogens is 188 g/mol. The van der Waals surface area contributed by atoms with Crippen LogP contribution in [0, 0.1) is 0 Å². The number of hydrogen-bond acceptors (Lipinski definition) is 2. The van der Waals surface area contributed by atoms with Crippen molar-refractivity contribution in [3.63, 3.8) is 0 Å². The van der Waals surface area contributed by atoms with Gasteiger partial charge in [0, 0.05) is 13.0 Å². The van der Waals surface area contributed by atoms with E-state index in [0.29, 0.717) is 5.75 Å². The van der Waals surface area contributed by atoms with Gasteiger partial charge in [-0.15, -0.1) is 0 Å². The lowest BCUT2D eigenvalue weighted by Gasteiger charge is -2.13. The molecule has 1 aromatic carbocycles. The van der Waals surface area contributed by atoms with E-state index in [4.69, 9.17) is 4.74 Å². The highest BCUT2D eigenvalue weighted by Crippen LogP contribution is 2.18. The summed E-state index contributed by atoms with van der Waals surface area (Å²) < 4.78 is 5.63. The second-order valence-corrected chi connectivity index (χ2v) is 3.87. The summed E-state index contributed by atoms with van der Waals surface area (Å²) in [5.74, 6) is 0.364. The van der Waals surface area contributed by atoms with Crippen molar-refractivity contribution in [1.82, 2.24) is 0 Å². The fourth-order valence-electron chi connectivity index (χ4n) is 1.48. The SMILES string of the molecule is CCCCOC(C)Cc1ccccc1O. The van der Waals surface area contributed by atoms with E-state index in [1.54, 1.807) is 6.07 Å². The molecule has 0 saturated carbocycles. The van der Waals surface area contributed by atoms with Crippen LogP contribution in [0.5, 0.6) is 5.75 Å². The Balaban J connectivity index is 2.37. The normalized spacial score (nSPS) is 12.7. The van der Waals surface area contributed by atoms with Crippen LogP contribution in [0.3, 0.4) is 0 Å². The van der Waals surface area contributed by atoms with Gasteiger partial charge in [0.25, 0.3) is 0 Å². The standard InChI is InChI=1S/C13H20O2/c1-3-4-9-15-11(2)10-12-7-5-6-8-13(12)14/h5-8,11,14H,3-4,9-10H2,1-2H3. The van der Waals surface area contributed by atoms with E-state index in [1.807, 2.05) is 25.1 Å². The highest BCUT2D eigenvalue weighted by molar-refractivity contribution is 5.32. The molecule has 0 spiro atoms. The van der Waals surface area contributed by atoms with Crippen molar-refractivity contribution in [2.75, 3.05) is 6.61 Å². The van der Waals surface area contributed by atoms with Crippen LogP contribution < -0.4 is 0 Å². The van der Waals surface area contributed by atoms with Gasteiger partial charge in [0.05, 0.1) is 6.10 Å². The maximum Gasteiger partial charge on any atom is 0.118 e. The van der Waals surface area contributed by atoms with Crippen molar-refractivity contribution < 1.29 is 9.84 Å². The molecule has 0 aliphatic rings. The van der Waals surface area contributed by atoms with Crippen LogP contribution in [0.15, 0.2) is 24.3 Å². The highest BCUT2D eigenvalue weighted by Gasteiger charge is 2.06. The molecule has 0 saturated heterocycles. The number of phenols is 1. The van der Waals surface area contributed by atoms with Crippen LogP contribution in [0.1, 0.15) is 32.3 Å². The molecule has 84 valence electrons. The molecule has 2 nitrogen and oxygen atoms in total. The number of ether oxygens (including phenoxy) is 1. The van der Waals surface area contributed by atoms with Gasteiger partial charge in [0.1, 0.15) is 5.75 Å². The lowest BCUT2D eigenvalue weighted by molar-refractivity contribution is 0.0640. The Morgan fingerprint density at radius 1 is 1.33 bits per heavy atom. The fourth-order valence-corrected chi connectivity index (χ4v) is 1.48. The summed E-state index contributed by atoms with van der Waals surface area (Å²) in [4.78, 5) is 0. The first-order valence-electron chi connectivity index (χ1n) is 5.62. The molecule has 1 aromatic rings. The van der Waals surface area contributed by atoms with Gasteiger partial charge in [-0.3, -0.25) is 0 Å². The molecule has 1 rings (SSSR count). The second-order valence-electron chi connectivity index (χ2n) is 3.87. The van der Waals surface area contributed by atoms with Crippen molar-refractivity contribution in [2.45, 2.75) is 39.2 Å². The minimum Gasteiger partial charge on any atom is -0.508 e. The Kier molecular flexibility index (Phi) is 5.19. The van der Waals surface area contributed by atoms with E-state index in [0.717, 1.165) is 31.4 Å². The molecule has 0 amide bonds. The minimum absolute atomic E-state index is 0.171. The summed E-state index contributed by atoms with van der Waals surface area (Å²) in [6.07, 6.45) is 3.20. The first-order valence-corrected chi connectivity index (χ1v) is 5.62. The Labute approximate surface area is 91.9 Å². The molecule has 1 unspecified atom stereocenters. The number of benzene rings is 1. The van der Waals surface area contributed by atoms with Crippen LogP contribution in [-0.2, 0) is 11.2 Å². The van der Waals surface area contributed by atoms with Gasteiger partial charge in [-0.1, -0.05) is 31.5 Å². The lowest BCUT2D eigenvalue weighted by Crippen LogP contribution is -2.12. The maximum atomic E-state index is 9.58. The van der Waals surface area contributed by atoms with Gasteiger partial charge in [-0.2, -0.15) is 0 Å². The Bertz CT molecular complexity index is 284. The smallest absolute Gasteiger partial charge is 0.118 e. The summed E-state index contributed by atoms with van der Waals surface area (Å²) in [7, 11) is 0. The average molecular weight is 208 g/mol. The topological polar surface area (TPSA) is 29.5 Å². The summed E-state index contributed by atoms with van der Waals surface area (Å²) >= 11 is 0. The largest absolute Gasteiger partial charge is 0.508 e. The zero-order valence-corrected chi connectivity index (χ0v) is 9.57. The van der Waals surface area contributed by atoms with E-state index in [1.165, 1.54) is 0 Å². The number of aromatic hydroxyl groups is 1. The Morgan fingerprint density at radius 3 is 2.73 bits per heavy atom. The van der Waals surface area contributed by atoms with E-state index < -0.39 is 0 Å². The van der Waals surface area contributed by atoms with Gasteiger partial charge in [0.2, 0.25) is 0 Å². The Hall–Kier alpha value is -1.02. The van der Waals surface area contributed by atoms with Crippen molar-refractivity contribution in [1.29, 1.82) is 0 Å². The van der Waals surface area contributed by atoms with E-state index in [2.05, 4.69) is 6.92 Å². The number of unbranched alkanes of at least 4 members (excludes halogenated alkanes) is 1. The van der Waals surface area contributed by atoms with Gasteiger partial charge < -0.3 is 9.84 Å². The molecule has 0 fully saturated rings. The molecule has 0 aliphatic carbocycles. The quantitative estimate of drug-likeness (QED) is 0.728. The zero-order chi connectivity index (χ0) is 11.1. The molecule has 0 radical (unpaired) electrons.